The lowest BCUT2D eigenvalue weighted by atomic mass is 9.65. The molecule has 0 bridgehead atoms. The zero-order valence-corrected chi connectivity index (χ0v) is 16.9. The fourth-order valence-corrected chi connectivity index (χ4v) is 3.45. The predicted molar refractivity (Wildman–Crippen MR) is 103 cm³/mol. The molecule has 122 valence electrons. The third kappa shape index (κ3) is 2.73. The molecule has 1 aliphatic heterocycles. The normalized spacial score (nSPS) is 19.7. The number of aliphatic imine (C=N–C) groups is 1. The first-order chi connectivity index (χ1) is 9.85. The Morgan fingerprint density at radius 1 is 1.41 bits per heavy atom. The number of guanidine groups is 1. The van der Waals surface area contributed by atoms with Crippen molar-refractivity contribution in [1.82, 2.24) is 19.6 Å². The van der Waals surface area contributed by atoms with Gasteiger partial charge in [0.15, 0.2) is 10.9 Å². The smallest absolute Gasteiger partial charge is 0.194 e. The lowest BCUT2D eigenvalue weighted by Crippen LogP contribution is -2.72. The molecule has 7 heteroatoms. The molecule has 0 aliphatic carbocycles. The first-order valence-electron chi connectivity index (χ1n) is 7.24. The summed E-state index contributed by atoms with van der Waals surface area (Å²) in [6, 6.07) is 0. The van der Waals surface area contributed by atoms with E-state index in [0.29, 0.717) is 12.0 Å². The number of rotatable bonds is 2. The molecule has 2 aromatic heterocycles. The van der Waals surface area contributed by atoms with Crippen LogP contribution in [-0.2, 0) is 6.54 Å². The van der Waals surface area contributed by atoms with Gasteiger partial charge in [0.2, 0.25) is 0 Å². The molecule has 1 saturated heterocycles. The van der Waals surface area contributed by atoms with E-state index in [0.717, 1.165) is 23.2 Å². The van der Waals surface area contributed by atoms with E-state index in [2.05, 4.69) is 58.5 Å². The van der Waals surface area contributed by atoms with Crippen LogP contribution in [-0.4, -0.2) is 39.4 Å². The van der Waals surface area contributed by atoms with Gasteiger partial charge in [-0.1, -0.05) is 13.8 Å². The topological polar surface area (TPSA) is 44.9 Å². The van der Waals surface area contributed by atoms with Gasteiger partial charge >= 0.3 is 0 Å². The SMILES string of the molecule is CN=C(NCc1cn2ccsc2n1)N1CC(C)(C)C1(C)C.I. The minimum atomic E-state index is 0. The summed E-state index contributed by atoms with van der Waals surface area (Å²) in [5, 5.41) is 5.48. The zero-order valence-electron chi connectivity index (χ0n) is 13.8. The lowest BCUT2D eigenvalue weighted by molar-refractivity contribution is -0.0668. The number of hydrogen-bond acceptors (Lipinski definition) is 3. The van der Waals surface area contributed by atoms with Crippen molar-refractivity contribution in [3.63, 3.8) is 0 Å². The summed E-state index contributed by atoms with van der Waals surface area (Å²) >= 11 is 1.65. The van der Waals surface area contributed by atoms with Crippen molar-refractivity contribution in [3.8, 4) is 0 Å². The van der Waals surface area contributed by atoms with Gasteiger partial charge in [0.05, 0.1) is 12.2 Å². The van der Waals surface area contributed by atoms with Crippen LogP contribution in [0, 0.1) is 5.41 Å². The Hall–Kier alpha value is -0.830. The van der Waals surface area contributed by atoms with Crippen LogP contribution in [0.25, 0.3) is 4.96 Å². The first-order valence-corrected chi connectivity index (χ1v) is 8.12. The fourth-order valence-electron chi connectivity index (χ4n) is 2.73. The summed E-state index contributed by atoms with van der Waals surface area (Å²) < 4.78 is 2.06. The number of nitrogens with zero attached hydrogens (tertiary/aromatic N) is 4. The molecule has 0 aromatic carbocycles. The van der Waals surface area contributed by atoms with E-state index in [9.17, 15) is 0 Å². The number of hydrogen-bond donors (Lipinski definition) is 1. The fraction of sp³-hybridized carbons (Fsp3) is 0.600. The maximum absolute atomic E-state index is 4.59. The van der Waals surface area contributed by atoms with Crippen LogP contribution in [0.4, 0.5) is 0 Å². The summed E-state index contributed by atoms with van der Waals surface area (Å²) in [7, 11) is 1.84. The highest BCUT2D eigenvalue weighted by Crippen LogP contribution is 2.46. The Labute approximate surface area is 152 Å². The minimum absolute atomic E-state index is 0. The van der Waals surface area contributed by atoms with Gasteiger partial charge in [-0.05, 0) is 13.8 Å². The molecular weight excluding hydrogens is 409 g/mol. The van der Waals surface area contributed by atoms with Gasteiger partial charge in [-0.25, -0.2) is 4.98 Å². The molecule has 1 N–H and O–H groups in total. The summed E-state index contributed by atoms with van der Waals surface area (Å²) in [6.45, 7) is 10.9. The van der Waals surface area contributed by atoms with Crippen molar-refractivity contribution >= 4 is 46.2 Å². The molecule has 0 amide bonds. The third-order valence-electron chi connectivity index (χ3n) is 4.92. The van der Waals surface area contributed by atoms with Crippen LogP contribution >= 0.6 is 35.3 Å². The van der Waals surface area contributed by atoms with Crippen LogP contribution < -0.4 is 5.32 Å². The Kier molecular flexibility index (Phi) is 4.77. The molecule has 0 unspecified atom stereocenters. The Bertz CT molecular complexity index is 656. The van der Waals surface area contributed by atoms with Crippen molar-refractivity contribution in [3.05, 3.63) is 23.5 Å². The van der Waals surface area contributed by atoms with Gasteiger partial charge in [0, 0.05) is 42.3 Å². The minimum Gasteiger partial charge on any atom is -0.351 e. The molecule has 3 rings (SSSR count). The van der Waals surface area contributed by atoms with E-state index in [1.54, 1.807) is 11.3 Å². The molecule has 5 nitrogen and oxygen atoms in total. The van der Waals surface area contributed by atoms with Gasteiger partial charge in [0.1, 0.15) is 0 Å². The van der Waals surface area contributed by atoms with Crippen molar-refractivity contribution in [2.75, 3.05) is 13.6 Å². The first kappa shape index (κ1) is 17.5. The molecule has 1 aliphatic rings. The van der Waals surface area contributed by atoms with Gasteiger partial charge in [-0.2, -0.15) is 0 Å². The standard InChI is InChI=1S/C15H23N5S.HI/c1-14(2)10-20(15(14,3)4)12(16-5)17-8-11-9-19-6-7-21-13(19)18-11;/h6-7,9H,8,10H2,1-5H3,(H,16,17);1H. The number of fused-ring (bicyclic) bond motifs is 1. The number of aromatic nitrogens is 2. The van der Waals surface area contributed by atoms with Crippen LogP contribution in [0.15, 0.2) is 22.8 Å². The highest BCUT2D eigenvalue weighted by molar-refractivity contribution is 14.0. The van der Waals surface area contributed by atoms with Crippen LogP contribution in [0.1, 0.15) is 33.4 Å². The van der Waals surface area contributed by atoms with E-state index < -0.39 is 0 Å². The van der Waals surface area contributed by atoms with Crippen molar-refractivity contribution in [2.24, 2.45) is 10.4 Å². The second-order valence-corrected chi connectivity index (χ2v) is 7.63. The molecule has 0 spiro atoms. The molecule has 0 atom stereocenters. The van der Waals surface area contributed by atoms with Gasteiger partial charge in [0.25, 0.3) is 0 Å². The average molecular weight is 433 g/mol. The zero-order chi connectivity index (χ0) is 15.3. The number of halogens is 1. The van der Waals surface area contributed by atoms with Gasteiger partial charge in [-0.15, -0.1) is 35.3 Å². The van der Waals surface area contributed by atoms with Gasteiger partial charge < -0.3 is 10.2 Å². The second kappa shape index (κ2) is 5.99. The third-order valence-corrected chi connectivity index (χ3v) is 5.69. The van der Waals surface area contributed by atoms with E-state index in [1.165, 1.54) is 0 Å². The molecule has 2 aromatic rings. The van der Waals surface area contributed by atoms with E-state index >= 15 is 0 Å². The maximum atomic E-state index is 4.59. The number of thiazole rings is 1. The maximum Gasteiger partial charge on any atom is 0.194 e. The summed E-state index contributed by atoms with van der Waals surface area (Å²) in [5.41, 5.74) is 1.46. The van der Waals surface area contributed by atoms with Crippen LogP contribution in [0.3, 0.4) is 0 Å². The summed E-state index contributed by atoms with van der Waals surface area (Å²) in [6.07, 6.45) is 4.10. The molecule has 3 heterocycles. The average Bonchev–Trinajstić information content (AvgIpc) is 2.98. The Morgan fingerprint density at radius 3 is 2.68 bits per heavy atom. The second-order valence-electron chi connectivity index (χ2n) is 6.75. The van der Waals surface area contributed by atoms with Crippen molar-refractivity contribution in [1.29, 1.82) is 0 Å². The number of imidazole rings is 1. The highest BCUT2D eigenvalue weighted by Gasteiger charge is 2.53. The highest BCUT2D eigenvalue weighted by atomic mass is 127. The number of likely N-dealkylation sites (tertiary alicyclic amines) is 1. The van der Waals surface area contributed by atoms with E-state index in [1.807, 2.05) is 18.6 Å². The quantitative estimate of drug-likeness (QED) is 0.450. The van der Waals surface area contributed by atoms with Crippen molar-refractivity contribution in [2.45, 2.75) is 39.8 Å². The predicted octanol–water partition coefficient (Wildman–Crippen LogP) is 3.21. The monoisotopic (exact) mass is 433 g/mol. The molecule has 22 heavy (non-hydrogen) atoms. The van der Waals surface area contributed by atoms with Crippen LogP contribution in [0.2, 0.25) is 0 Å². The van der Waals surface area contributed by atoms with E-state index in [4.69, 9.17) is 0 Å². The number of nitrogens with one attached hydrogen (secondary N) is 1. The molecule has 0 saturated carbocycles. The molecular formula is C15H24IN5S. The summed E-state index contributed by atoms with van der Waals surface area (Å²) in [4.78, 5) is 12.4. The van der Waals surface area contributed by atoms with Gasteiger partial charge in [-0.3, -0.25) is 9.39 Å². The lowest BCUT2D eigenvalue weighted by Gasteiger charge is -2.62. The van der Waals surface area contributed by atoms with Crippen LogP contribution in [0.5, 0.6) is 0 Å². The largest absolute Gasteiger partial charge is 0.351 e. The Morgan fingerprint density at radius 2 is 2.14 bits per heavy atom. The molecule has 0 radical (unpaired) electrons. The molecule has 1 fully saturated rings. The summed E-state index contributed by atoms with van der Waals surface area (Å²) in [5.74, 6) is 0.954. The Balaban J connectivity index is 0.00000176. The van der Waals surface area contributed by atoms with Crippen molar-refractivity contribution < 1.29 is 0 Å². The van der Waals surface area contributed by atoms with E-state index in [-0.39, 0.29) is 29.5 Å².